The highest BCUT2D eigenvalue weighted by Crippen LogP contribution is 2.18. The molecule has 2 aromatic carbocycles. The van der Waals surface area contributed by atoms with E-state index in [-0.39, 0.29) is 5.91 Å². The Bertz CT molecular complexity index is 611. The largest absolute Gasteiger partial charge is 0.398 e. The topological polar surface area (TPSA) is 55.1 Å². The summed E-state index contributed by atoms with van der Waals surface area (Å²) in [5.41, 5.74) is 9.12. The number of carbonyl (C=O) groups is 1. The maximum atomic E-state index is 12.1. The fraction of sp³-hybridized carbons (Fsp3) is 0.133. The van der Waals surface area contributed by atoms with Gasteiger partial charge in [-0.25, -0.2) is 0 Å². The van der Waals surface area contributed by atoms with E-state index in [0.29, 0.717) is 17.8 Å². The number of hydrogen-bond donors (Lipinski definition) is 2. The fourth-order valence-electron chi connectivity index (χ4n) is 1.78. The molecule has 0 aliphatic carbocycles. The number of aryl methyl sites for hydroxylation is 1. The SMILES string of the molecule is Cc1ccc(Br)c(C(=O)NCc2ccccc2N)c1. The zero-order chi connectivity index (χ0) is 13.8. The number of rotatable bonds is 3. The van der Waals surface area contributed by atoms with Crippen LogP contribution in [-0.4, -0.2) is 5.91 Å². The standard InChI is InChI=1S/C15H15BrN2O/c1-10-6-7-13(16)12(8-10)15(19)18-9-11-4-2-3-5-14(11)17/h2-8H,9,17H2,1H3,(H,18,19). The van der Waals surface area contributed by atoms with E-state index in [0.717, 1.165) is 15.6 Å². The fourth-order valence-corrected chi connectivity index (χ4v) is 2.21. The molecule has 0 aliphatic heterocycles. The van der Waals surface area contributed by atoms with Crippen LogP contribution < -0.4 is 11.1 Å². The lowest BCUT2D eigenvalue weighted by atomic mass is 10.1. The van der Waals surface area contributed by atoms with Crippen LogP contribution in [0.25, 0.3) is 0 Å². The first-order valence-electron chi connectivity index (χ1n) is 5.95. The average molecular weight is 319 g/mol. The Morgan fingerprint density at radius 1 is 1.26 bits per heavy atom. The molecule has 0 spiro atoms. The van der Waals surface area contributed by atoms with Crippen LogP contribution in [0.5, 0.6) is 0 Å². The van der Waals surface area contributed by atoms with Gasteiger partial charge in [0.1, 0.15) is 0 Å². The third-order valence-electron chi connectivity index (χ3n) is 2.86. The van der Waals surface area contributed by atoms with E-state index in [2.05, 4.69) is 21.2 Å². The molecule has 0 aliphatic rings. The summed E-state index contributed by atoms with van der Waals surface area (Å²) in [5, 5.41) is 2.88. The molecule has 0 saturated heterocycles. The lowest BCUT2D eigenvalue weighted by Crippen LogP contribution is -2.23. The predicted octanol–water partition coefficient (Wildman–Crippen LogP) is 3.27. The van der Waals surface area contributed by atoms with Gasteiger partial charge in [0.15, 0.2) is 0 Å². The summed E-state index contributed by atoms with van der Waals surface area (Å²) < 4.78 is 0.789. The second kappa shape index (κ2) is 5.89. The van der Waals surface area contributed by atoms with Gasteiger partial charge in [-0.2, -0.15) is 0 Å². The average Bonchev–Trinajstić information content (AvgIpc) is 2.40. The smallest absolute Gasteiger partial charge is 0.252 e. The molecule has 19 heavy (non-hydrogen) atoms. The second-order valence-electron chi connectivity index (χ2n) is 4.36. The van der Waals surface area contributed by atoms with Gasteiger partial charge in [-0.05, 0) is 46.6 Å². The molecular weight excluding hydrogens is 304 g/mol. The van der Waals surface area contributed by atoms with Crippen LogP contribution in [0.4, 0.5) is 5.69 Å². The molecule has 0 heterocycles. The summed E-state index contributed by atoms with van der Waals surface area (Å²) in [4.78, 5) is 12.1. The number of nitrogens with two attached hydrogens (primary N) is 1. The van der Waals surface area contributed by atoms with Gasteiger partial charge in [-0.3, -0.25) is 4.79 Å². The normalized spacial score (nSPS) is 10.2. The molecule has 2 rings (SSSR count). The van der Waals surface area contributed by atoms with Crippen LogP contribution in [0.1, 0.15) is 21.5 Å². The van der Waals surface area contributed by atoms with Crippen molar-refractivity contribution in [1.82, 2.24) is 5.32 Å². The molecule has 0 atom stereocenters. The van der Waals surface area contributed by atoms with Crippen molar-refractivity contribution < 1.29 is 4.79 Å². The Kier molecular flexibility index (Phi) is 4.22. The van der Waals surface area contributed by atoms with Gasteiger partial charge in [0.2, 0.25) is 0 Å². The Balaban J connectivity index is 2.10. The number of anilines is 1. The van der Waals surface area contributed by atoms with Crippen LogP contribution in [0.2, 0.25) is 0 Å². The Hall–Kier alpha value is -1.81. The van der Waals surface area contributed by atoms with Gasteiger partial charge < -0.3 is 11.1 Å². The van der Waals surface area contributed by atoms with Crippen molar-refractivity contribution in [3.05, 3.63) is 63.6 Å². The number of nitrogen functional groups attached to an aromatic ring is 1. The first-order valence-corrected chi connectivity index (χ1v) is 6.75. The second-order valence-corrected chi connectivity index (χ2v) is 5.22. The zero-order valence-electron chi connectivity index (χ0n) is 10.6. The van der Waals surface area contributed by atoms with E-state index in [9.17, 15) is 4.79 Å². The number of para-hydroxylation sites is 1. The minimum Gasteiger partial charge on any atom is -0.398 e. The number of carbonyl (C=O) groups excluding carboxylic acids is 1. The first-order chi connectivity index (χ1) is 9.08. The molecule has 1 amide bonds. The zero-order valence-corrected chi connectivity index (χ0v) is 12.2. The van der Waals surface area contributed by atoms with Crippen LogP contribution in [0.3, 0.4) is 0 Å². The summed E-state index contributed by atoms with van der Waals surface area (Å²) in [6.45, 7) is 2.38. The van der Waals surface area contributed by atoms with Crippen LogP contribution in [0.15, 0.2) is 46.9 Å². The van der Waals surface area contributed by atoms with E-state index < -0.39 is 0 Å². The summed E-state index contributed by atoms with van der Waals surface area (Å²) in [6.07, 6.45) is 0. The maximum absolute atomic E-state index is 12.1. The van der Waals surface area contributed by atoms with E-state index in [1.165, 1.54) is 0 Å². The Morgan fingerprint density at radius 2 is 2.00 bits per heavy atom. The van der Waals surface area contributed by atoms with E-state index in [4.69, 9.17) is 5.73 Å². The van der Waals surface area contributed by atoms with Crippen LogP contribution in [-0.2, 0) is 6.54 Å². The van der Waals surface area contributed by atoms with Crippen molar-refractivity contribution >= 4 is 27.5 Å². The molecular formula is C15H15BrN2O. The van der Waals surface area contributed by atoms with Crippen LogP contribution >= 0.6 is 15.9 Å². The highest BCUT2D eigenvalue weighted by atomic mass is 79.9. The quantitative estimate of drug-likeness (QED) is 0.853. The van der Waals surface area contributed by atoms with Gasteiger partial charge in [0, 0.05) is 16.7 Å². The maximum Gasteiger partial charge on any atom is 0.252 e. The molecule has 0 unspecified atom stereocenters. The third-order valence-corrected chi connectivity index (χ3v) is 3.55. The van der Waals surface area contributed by atoms with Gasteiger partial charge in [-0.1, -0.05) is 29.8 Å². The van der Waals surface area contributed by atoms with Gasteiger partial charge in [0.25, 0.3) is 5.91 Å². The summed E-state index contributed by atoms with van der Waals surface area (Å²) in [7, 11) is 0. The lowest BCUT2D eigenvalue weighted by molar-refractivity contribution is 0.0950. The number of amides is 1. The number of nitrogens with one attached hydrogen (secondary N) is 1. The molecule has 2 aromatic rings. The van der Waals surface area contributed by atoms with E-state index >= 15 is 0 Å². The van der Waals surface area contributed by atoms with Crippen molar-refractivity contribution in [2.45, 2.75) is 13.5 Å². The Labute approximate surface area is 121 Å². The highest BCUT2D eigenvalue weighted by Gasteiger charge is 2.10. The van der Waals surface area contributed by atoms with Crippen molar-refractivity contribution in [1.29, 1.82) is 0 Å². The molecule has 3 nitrogen and oxygen atoms in total. The molecule has 3 N–H and O–H groups in total. The molecule has 4 heteroatoms. The molecule has 0 saturated carbocycles. The molecule has 0 fully saturated rings. The van der Waals surface area contributed by atoms with Gasteiger partial charge >= 0.3 is 0 Å². The summed E-state index contributed by atoms with van der Waals surface area (Å²) in [6, 6.07) is 13.2. The van der Waals surface area contributed by atoms with Gasteiger partial charge in [-0.15, -0.1) is 0 Å². The Morgan fingerprint density at radius 3 is 2.74 bits per heavy atom. The minimum atomic E-state index is -0.112. The van der Waals surface area contributed by atoms with E-state index in [1.54, 1.807) is 0 Å². The lowest BCUT2D eigenvalue weighted by Gasteiger charge is -2.09. The third kappa shape index (κ3) is 3.35. The van der Waals surface area contributed by atoms with Crippen molar-refractivity contribution in [3.8, 4) is 0 Å². The number of halogens is 1. The number of benzene rings is 2. The first kappa shape index (κ1) is 13.6. The minimum absolute atomic E-state index is 0.112. The summed E-state index contributed by atoms with van der Waals surface area (Å²) >= 11 is 3.39. The van der Waals surface area contributed by atoms with Crippen LogP contribution in [0, 0.1) is 6.92 Å². The van der Waals surface area contributed by atoms with Gasteiger partial charge in [0.05, 0.1) is 5.56 Å². The monoisotopic (exact) mass is 318 g/mol. The summed E-state index contributed by atoms with van der Waals surface area (Å²) in [5.74, 6) is -0.112. The van der Waals surface area contributed by atoms with Crippen molar-refractivity contribution in [3.63, 3.8) is 0 Å². The van der Waals surface area contributed by atoms with Crippen molar-refractivity contribution in [2.75, 3.05) is 5.73 Å². The van der Waals surface area contributed by atoms with Crippen molar-refractivity contribution in [2.24, 2.45) is 0 Å². The predicted molar refractivity (Wildman–Crippen MR) is 80.9 cm³/mol. The number of hydrogen-bond acceptors (Lipinski definition) is 2. The molecule has 0 bridgehead atoms. The molecule has 0 radical (unpaired) electrons. The van der Waals surface area contributed by atoms with E-state index in [1.807, 2.05) is 49.4 Å². The highest BCUT2D eigenvalue weighted by molar-refractivity contribution is 9.10. The molecule has 0 aromatic heterocycles. The molecule has 98 valence electrons.